The molecule has 1 aliphatic heterocycles. The van der Waals surface area contributed by atoms with E-state index in [1.54, 1.807) is 36.5 Å². The number of amides is 3. The SMILES string of the molecule is CCCCc1ncc(/C=C2/C(=O)NC(=O)N2Cc2ccccc2)n1Cc1ccc(C(=O)O)cc1. The van der Waals surface area contributed by atoms with Crippen LogP contribution in [-0.2, 0) is 24.3 Å². The lowest BCUT2D eigenvalue weighted by Gasteiger charge is -2.16. The van der Waals surface area contributed by atoms with Crippen LogP contribution in [0.2, 0.25) is 0 Å². The highest BCUT2D eigenvalue weighted by Crippen LogP contribution is 2.22. The van der Waals surface area contributed by atoms with Crippen LogP contribution in [0.3, 0.4) is 0 Å². The van der Waals surface area contributed by atoms with Crippen molar-refractivity contribution in [3.63, 3.8) is 0 Å². The smallest absolute Gasteiger partial charge is 0.335 e. The molecule has 1 saturated heterocycles. The maximum absolute atomic E-state index is 12.6. The minimum atomic E-state index is -0.973. The van der Waals surface area contributed by atoms with Crippen LogP contribution < -0.4 is 5.32 Å². The molecule has 3 aromatic rings. The standard InChI is InChI=1S/C26H26N4O4/c1-2-3-9-23-27-15-21(29(23)16-19-10-12-20(13-11-19)25(32)33)14-22-24(31)28-26(34)30(22)17-18-7-5-4-6-8-18/h4-8,10-15H,2-3,9,16-17H2,1H3,(H,32,33)(H,28,31,34)/b22-14-. The third-order valence-corrected chi connectivity index (χ3v) is 5.72. The van der Waals surface area contributed by atoms with E-state index in [2.05, 4.69) is 17.2 Å². The van der Waals surface area contributed by atoms with Crippen molar-refractivity contribution in [3.05, 3.63) is 94.7 Å². The average molecular weight is 459 g/mol. The minimum Gasteiger partial charge on any atom is -0.478 e. The summed E-state index contributed by atoms with van der Waals surface area (Å²) >= 11 is 0. The molecule has 4 rings (SSSR count). The first-order chi connectivity index (χ1) is 16.5. The Hall–Kier alpha value is -4.20. The number of hydrogen-bond donors (Lipinski definition) is 2. The van der Waals surface area contributed by atoms with Crippen molar-refractivity contribution in [2.45, 2.75) is 39.3 Å². The third-order valence-electron chi connectivity index (χ3n) is 5.72. The van der Waals surface area contributed by atoms with E-state index in [-0.39, 0.29) is 17.8 Å². The Kier molecular flexibility index (Phi) is 6.87. The fourth-order valence-corrected chi connectivity index (χ4v) is 3.86. The van der Waals surface area contributed by atoms with Crippen LogP contribution in [0, 0.1) is 0 Å². The number of aryl methyl sites for hydroxylation is 1. The van der Waals surface area contributed by atoms with E-state index in [0.717, 1.165) is 36.2 Å². The molecular weight excluding hydrogens is 432 g/mol. The van der Waals surface area contributed by atoms with Crippen molar-refractivity contribution >= 4 is 24.0 Å². The number of imide groups is 1. The van der Waals surface area contributed by atoms with Crippen molar-refractivity contribution in [3.8, 4) is 0 Å². The number of carboxylic acids is 1. The Bertz CT molecular complexity index is 1230. The number of urea groups is 1. The molecule has 0 radical (unpaired) electrons. The molecule has 0 saturated carbocycles. The van der Waals surface area contributed by atoms with Crippen molar-refractivity contribution in [1.29, 1.82) is 0 Å². The van der Waals surface area contributed by atoms with Crippen LogP contribution in [0.1, 0.15) is 52.8 Å². The molecule has 0 atom stereocenters. The second-order valence-corrected chi connectivity index (χ2v) is 8.15. The first kappa shape index (κ1) is 23.0. The molecule has 2 heterocycles. The quantitative estimate of drug-likeness (QED) is 0.372. The van der Waals surface area contributed by atoms with Crippen LogP contribution in [-0.4, -0.2) is 37.5 Å². The number of rotatable bonds is 9. The normalized spacial score (nSPS) is 14.6. The molecule has 8 nitrogen and oxygen atoms in total. The monoisotopic (exact) mass is 458 g/mol. The lowest BCUT2D eigenvalue weighted by Crippen LogP contribution is -2.27. The van der Waals surface area contributed by atoms with Gasteiger partial charge in [0.15, 0.2) is 0 Å². The molecule has 0 unspecified atom stereocenters. The summed E-state index contributed by atoms with van der Waals surface area (Å²) in [5, 5.41) is 11.5. The molecule has 34 heavy (non-hydrogen) atoms. The number of carboxylic acid groups (broad SMARTS) is 1. The zero-order valence-corrected chi connectivity index (χ0v) is 18.9. The molecule has 174 valence electrons. The Labute approximate surface area is 197 Å². The van der Waals surface area contributed by atoms with Crippen LogP contribution in [0.15, 0.2) is 66.5 Å². The highest BCUT2D eigenvalue weighted by atomic mass is 16.4. The highest BCUT2D eigenvalue weighted by molar-refractivity contribution is 6.13. The molecule has 2 aromatic carbocycles. The third kappa shape index (κ3) is 5.06. The van der Waals surface area contributed by atoms with Gasteiger partial charge in [0.05, 0.1) is 24.0 Å². The summed E-state index contributed by atoms with van der Waals surface area (Å²) in [6, 6.07) is 15.7. The molecular formula is C26H26N4O4. The van der Waals surface area contributed by atoms with Crippen molar-refractivity contribution in [1.82, 2.24) is 19.8 Å². The van der Waals surface area contributed by atoms with Crippen LogP contribution >= 0.6 is 0 Å². The van der Waals surface area contributed by atoms with Gasteiger partial charge in [-0.25, -0.2) is 14.6 Å². The summed E-state index contributed by atoms with van der Waals surface area (Å²) in [6.07, 6.45) is 6.14. The van der Waals surface area contributed by atoms with Gasteiger partial charge in [-0.05, 0) is 35.8 Å². The Balaban J connectivity index is 1.68. The zero-order valence-electron chi connectivity index (χ0n) is 18.9. The molecule has 2 N–H and O–H groups in total. The van der Waals surface area contributed by atoms with E-state index < -0.39 is 17.9 Å². The molecule has 0 spiro atoms. The first-order valence-electron chi connectivity index (χ1n) is 11.2. The van der Waals surface area contributed by atoms with E-state index in [1.807, 2.05) is 34.9 Å². The van der Waals surface area contributed by atoms with Gasteiger partial charge in [0.1, 0.15) is 11.5 Å². The Morgan fingerprint density at radius 3 is 2.41 bits per heavy atom. The largest absolute Gasteiger partial charge is 0.478 e. The van der Waals surface area contributed by atoms with E-state index in [4.69, 9.17) is 5.11 Å². The van der Waals surface area contributed by atoms with E-state index in [0.29, 0.717) is 12.2 Å². The summed E-state index contributed by atoms with van der Waals surface area (Å²) in [5.41, 5.74) is 3.01. The topological polar surface area (TPSA) is 105 Å². The molecule has 8 heteroatoms. The maximum Gasteiger partial charge on any atom is 0.335 e. The van der Waals surface area contributed by atoms with E-state index in [9.17, 15) is 14.4 Å². The number of unbranched alkanes of at least 4 members (excludes halogenated alkanes) is 1. The fraction of sp³-hybridized carbons (Fsp3) is 0.231. The van der Waals surface area contributed by atoms with E-state index >= 15 is 0 Å². The van der Waals surface area contributed by atoms with Gasteiger partial charge >= 0.3 is 12.0 Å². The number of nitrogens with zero attached hydrogens (tertiary/aromatic N) is 3. The lowest BCUT2D eigenvalue weighted by molar-refractivity contribution is -0.116. The van der Waals surface area contributed by atoms with Gasteiger partial charge in [-0.15, -0.1) is 0 Å². The second kappa shape index (κ2) is 10.2. The number of hydrogen-bond acceptors (Lipinski definition) is 4. The number of benzene rings is 2. The summed E-state index contributed by atoms with van der Waals surface area (Å²) < 4.78 is 2.01. The molecule has 0 aliphatic carbocycles. The molecule has 1 fully saturated rings. The predicted molar refractivity (Wildman–Crippen MR) is 127 cm³/mol. The Morgan fingerprint density at radius 1 is 1.03 bits per heavy atom. The van der Waals surface area contributed by atoms with Crippen molar-refractivity contribution < 1.29 is 19.5 Å². The number of imidazole rings is 1. The van der Waals surface area contributed by atoms with Gasteiger partial charge in [0.25, 0.3) is 5.91 Å². The number of carbonyl (C=O) groups excluding carboxylic acids is 2. The highest BCUT2D eigenvalue weighted by Gasteiger charge is 2.33. The number of aromatic carboxylic acids is 1. The van der Waals surface area contributed by atoms with Gasteiger partial charge in [-0.2, -0.15) is 0 Å². The fourth-order valence-electron chi connectivity index (χ4n) is 3.86. The molecule has 0 bridgehead atoms. The summed E-state index contributed by atoms with van der Waals surface area (Å²) in [6.45, 7) is 2.85. The van der Waals surface area contributed by atoms with Gasteiger partial charge < -0.3 is 9.67 Å². The zero-order chi connectivity index (χ0) is 24.1. The predicted octanol–water partition coefficient (Wildman–Crippen LogP) is 4.07. The molecule has 1 aliphatic rings. The second-order valence-electron chi connectivity index (χ2n) is 8.15. The maximum atomic E-state index is 12.6. The molecule has 1 aromatic heterocycles. The Morgan fingerprint density at radius 2 is 1.74 bits per heavy atom. The number of aromatic nitrogens is 2. The van der Waals surface area contributed by atoms with Crippen LogP contribution in [0.25, 0.3) is 6.08 Å². The lowest BCUT2D eigenvalue weighted by atomic mass is 10.1. The van der Waals surface area contributed by atoms with Gasteiger partial charge in [-0.1, -0.05) is 55.8 Å². The van der Waals surface area contributed by atoms with Crippen molar-refractivity contribution in [2.24, 2.45) is 0 Å². The number of nitrogens with one attached hydrogen (secondary N) is 1. The first-order valence-corrected chi connectivity index (χ1v) is 11.2. The van der Waals surface area contributed by atoms with Crippen LogP contribution in [0.4, 0.5) is 4.79 Å². The summed E-state index contributed by atoms with van der Waals surface area (Å²) in [7, 11) is 0. The summed E-state index contributed by atoms with van der Waals surface area (Å²) in [4.78, 5) is 42.3. The minimum absolute atomic E-state index is 0.223. The van der Waals surface area contributed by atoms with Gasteiger partial charge in [-0.3, -0.25) is 15.0 Å². The van der Waals surface area contributed by atoms with E-state index in [1.165, 1.54) is 4.90 Å². The van der Waals surface area contributed by atoms with Gasteiger partial charge in [0.2, 0.25) is 0 Å². The number of carbonyl (C=O) groups is 3. The summed E-state index contributed by atoms with van der Waals surface area (Å²) in [5.74, 6) is -0.552. The average Bonchev–Trinajstić information content (AvgIpc) is 3.33. The van der Waals surface area contributed by atoms with Crippen LogP contribution in [0.5, 0.6) is 0 Å². The van der Waals surface area contributed by atoms with Gasteiger partial charge in [0, 0.05) is 13.0 Å². The van der Waals surface area contributed by atoms with Crippen molar-refractivity contribution in [2.75, 3.05) is 0 Å². The molecule has 3 amide bonds.